The first-order chi connectivity index (χ1) is 20.2. The molecule has 0 heterocycles. The average molecular weight is 788 g/mol. The zero-order chi connectivity index (χ0) is 32.2. The second-order valence-corrected chi connectivity index (χ2v) is 25.6. The molecule has 0 N–H and O–H groups in total. The van der Waals surface area contributed by atoms with Crippen LogP contribution >= 0.6 is 0 Å². The summed E-state index contributed by atoms with van der Waals surface area (Å²) in [4.78, 5) is 0. The van der Waals surface area contributed by atoms with Crippen LogP contribution in [0.25, 0.3) is 0 Å². The van der Waals surface area contributed by atoms with Crippen molar-refractivity contribution in [2.45, 2.75) is 117 Å². The Labute approximate surface area is 320 Å². The summed E-state index contributed by atoms with van der Waals surface area (Å²) in [5, 5.41) is 6.13. The molecule has 2 atom stereocenters. The molecule has 4 aromatic carbocycles. The smallest absolute Gasteiger partial charge is 1.00 e. The van der Waals surface area contributed by atoms with E-state index in [1.165, 1.54) is 34.3 Å². The summed E-state index contributed by atoms with van der Waals surface area (Å²) in [5.74, 6) is 1.26. The molecule has 251 valence electrons. The van der Waals surface area contributed by atoms with E-state index in [9.17, 15) is 0 Å². The minimum absolute atomic E-state index is 0. The maximum atomic E-state index is 2.43. The molecule has 46 heavy (non-hydrogen) atoms. The van der Waals surface area contributed by atoms with E-state index in [-0.39, 0.29) is 51.0 Å². The van der Waals surface area contributed by atoms with E-state index in [4.69, 9.17) is 0 Å². The molecular formula is C40H61Cl2Si3Zr. The number of halogens is 2. The molecule has 4 aromatic rings. The molecule has 2 unspecified atom stereocenters. The molecule has 0 saturated heterocycles. The molecule has 4 rings (SSSR count). The van der Waals surface area contributed by atoms with Gasteiger partial charge in [0.2, 0.25) is 0 Å². The Morgan fingerprint density at radius 1 is 0.543 bits per heavy atom. The maximum absolute atomic E-state index is 2.43. The minimum atomic E-state index is -1.48. The summed E-state index contributed by atoms with van der Waals surface area (Å²) < 4.78 is 0. The van der Waals surface area contributed by atoms with Gasteiger partial charge in [-0.05, 0) is 11.8 Å². The van der Waals surface area contributed by atoms with Crippen molar-refractivity contribution >= 4 is 46.4 Å². The van der Waals surface area contributed by atoms with Crippen molar-refractivity contribution in [3.63, 3.8) is 0 Å². The fourth-order valence-corrected chi connectivity index (χ4v) is 11.7. The number of rotatable bonds is 10. The van der Waals surface area contributed by atoms with Crippen LogP contribution in [0.15, 0.2) is 97.1 Å². The first-order valence-corrected chi connectivity index (χ1v) is 24.1. The van der Waals surface area contributed by atoms with E-state index >= 15 is 0 Å². The minimum Gasteiger partial charge on any atom is -1.00 e. The summed E-state index contributed by atoms with van der Waals surface area (Å²) in [5.41, 5.74) is 4.97. The third kappa shape index (κ3) is 14.4. The van der Waals surface area contributed by atoms with Crippen LogP contribution in [-0.4, -0.2) is 25.7 Å². The van der Waals surface area contributed by atoms with Gasteiger partial charge in [0.1, 0.15) is 0 Å². The third-order valence-electron chi connectivity index (χ3n) is 9.27. The van der Waals surface area contributed by atoms with Crippen LogP contribution in [-0.2, 0) is 26.2 Å². The Hall–Kier alpha value is -0.746. The van der Waals surface area contributed by atoms with E-state index in [0.29, 0.717) is 11.8 Å². The van der Waals surface area contributed by atoms with Crippen LogP contribution in [0.4, 0.5) is 0 Å². The molecule has 6 heteroatoms. The van der Waals surface area contributed by atoms with Gasteiger partial charge in [0.25, 0.3) is 0 Å². The molecular weight excluding hydrogens is 727 g/mol. The Morgan fingerprint density at radius 3 is 1.09 bits per heavy atom. The van der Waals surface area contributed by atoms with Crippen molar-refractivity contribution in [3.05, 3.63) is 108 Å². The van der Waals surface area contributed by atoms with Gasteiger partial charge in [-0.25, -0.2) is 12.1 Å². The molecule has 0 aliphatic rings. The van der Waals surface area contributed by atoms with Crippen LogP contribution in [0.3, 0.4) is 0 Å². The number of hydrogen-bond acceptors (Lipinski definition) is 0. The number of benzene rings is 2. The standard InChI is InChI=1S/2C16H21Si.C8H19Si.2ClH.Zr/c2*1-13(2)14-10-11-16(12-14)17(3,4)15-8-6-5-7-9-15;1-5-7(3)9-8(4)6-2;;;/h2*5-13H,1-4H3;7-9H,5-6H2,1-4H3;2*1H;/q2*-1;;;;+4/p-2. The average Bonchev–Trinajstić information content (AvgIpc) is 3.71. The van der Waals surface area contributed by atoms with Crippen molar-refractivity contribution in [2.75, 3.05) is 0 Å². The van der Waals surface area contributed by atoms with Crippen molar-refractivity contribution < 1.29 is 51.0 Å². The largest absolute Gasteiger partial charge is 4.00 e. The monoisotopic (exact) mass is 785 g/mol. The zero-order valence-electron chi connectivity index (χ0n) is 30.8. The summed E-state index contributed by atoms with van der Waals surface area (Å²) >= 11 is 0. The summed E-state index contributed by atoms with van der Waals surface area (Å²) in [6.45, 7) is 28.1. The Kier molecular flexibility index (Phi) is 23.5. The molecule has 0 aliphatic carbocycles. The van der Waals surface area contributed by atoms with Gasteiger partial charge in [-0.3, -0.25) is 0 Å². The molecule has 0 spiro atoms. The van der Waals surface area contributed by atoms with Crippen molar-refractivity contribution in [2.24, 2.45) is 0 Å². The summed E-state index contributed by atoms with van der Waals surface area (Å²) in [7, 11) is -2.24. The quantitative estimate of drug-likeness (QED) is 0.171. The molecule has 0 nitrogen and oxygen atoms in total. The molecule has 0 aromatic heterocycles. The van der Waals surface area contributed by atoms with Gasteiger partial charge in [0.15, 0.2) is 0 Å². The predicted octanol–water partition coefficient (Wildman–Crippen LogP) is 3.57. The second kappa shape index (κ2) is 22.8. The van der Waals surface area contributed by atoms with E-state index in [0.717, 1.165) is 20.6 Å². The van der Waals surface area contributed by atoms with Gasteiger partial charge in [-0.2, -0.15) is 45.8 Å². The zero-order valence-corrected chi connectivity index (χ0v) is 37.9. The summed E-state index contributed by atoms with van der Waals surface area (Å²) in [6, 6.07) is 35.9. The summed E-state index contributed by atoms with van der Waals surface area (Å²) in [6.07, 6.45) is 2.75. The normalized spacial score (nSPS) is 12.3. The molecule has 0 fully saturated rings. The van der Waals surface area contributed by atoms with E-state index in [1.807, 2.05) is 0 Å². The van der Waals surface area contributed by atoms with Gasteiger partial charge < -0.3 is 24.8 Å². The Morgan fingerprint density at radius 2 is 0.848 bits per heavy atom. The van der Waals surface area contributed by atoms with Gasteiger partial charge in [0, 0.05) is 25.7 Å². The van der Waals surface area contributed by atoms with Crippen LogP contribution in [0.1, 0.15) is 91.2 Å². The Balaban J connectivity index is 0. The van der Waals surface area contributed by atoms with E-state index in [1.54, 1.807) is 10.4 Å². The fraction of sp³-hybridized carbons (Fsp3) is 0.450. The SMILES string of the molecule is CC(C)c1cc([Si](C)(C)c2ccccc2)c[cH-]1.CC(C)c1cc([Si](C)(C)c2ccccc2)c[cH-]1.CCC(C)[SiH]C(C)CC.[Cl-].[Cl-].[Zr+4]. The molecule has 0 amide bonds. The van der Waals surface area contributed by atoms with Crippen molar-refractivity contribution in [1.82, 2.24) is 0 Å². The fourth-order valence-electron chi connectivity index (χ4n) is 5.30. The molecule has 1 radical (unpaired) electrons. The van der Waals surface area contributed by atoms with Gasteiger partial charge in [0.05, 0.1) is 0 Å². The first-order valence-electron chi connectivity index (χ1n) is 16.7. The van der Waals surface area contributed by atoms with Crippen molar-refractivity contribution in [3.8, 4) is 0 Å². The predicted molar refractivity (Wildman–Crippen MR) is 205 cm³/mol. The third-order valence-corrected chi connectivity index (χ3v) is 18.6. The van der Waals surface area contributed by atoms with Crippen molar-refractivity contribution in [1.29, 1.82) is 0 Å². The van der Waals surface area contributed by atoms with Crippen LogP contribution in [0.5, 0.6) is 0 Å². The van der Waals surface area contributed by atoms with E-state index in [2.05, 4.69) is 179 Å². The van der Waals surface area contributed by atoms with E-state index < -0.39 is 16.1 Å². The van der Waals surface area contributed by atoms with Gasteiger partial charge in [-0.15, -0.1) is 0 Å². The topological polar surface area (TPSA) is 0 Å². The number of hydrogen-bond donors (Lipinski definition) is 0. The Bertz CT molecular complexity index is 1210. The van der Waals surface area contributed by atoms with Crippen LogP contribution in [0, 0.1) is 0 Å². The van der Waals surface area contributed by atoms with Crippen LogP contribution in [0.2, 0.25) is 37.3 Å². The molecule has 0 aliphatic heterocycles. The molecule has 0 saturated carbocycles. The van der Waals surface area contributed by atoms with Gasteiger partial charge in [-0.1, -0.05) is 177 Å². The first kappa shape index (κ1) is 47.4. The van der Waals surface area contributed by atoms with Crippen LogP contribution < -0.4 is 45.6 Å². The second-order valence-electron chi connectivity index (χ2n) is 14.1. The van der Waals surface area contributed by atoms with Gasteiger partial charge >= 0.3 is 26.2 Å². The molecule has 0 bridgehead atoms. The maximum Gasteiger partial charge on any atom is 4.00 e.